The monoisotopic (exact) mass is 502 g/mol. The van der Waals surface area contributed by atoms with Crippen LogP contribution < -0.4 is 0 Å². The summed E-state index contributed by atoms with van der Waals surface area (Å²) < 4.78 is 86.3. The molecule has 1 unspecified atom stereocenters. The number of rotatable bonds is 4. The van der Waals surface area contributed by atoms with Crippen LogP contribution in [0.5, 0.6) is 0 Å². The summed E-state index contributed by atoms with van der Waals surface area (Å²) in [4.78, 5) is 24.1. The highest BCUT2D eigenvalue weighted by molar-refractivity contribution is 6.34. The minimum absolute atomic E-state index is 0.110. The van der Waals surface area contributed by atoms with Gasteiger partial charge in [-0.25, -0.2) is 18.0 Å². The number of carboxylic acid groups (broad SMARTS) is 1. The Morgan fingerprint density at radius 2 is 1.88 bits per heavy atom. The fraction of sp³-hybridized carbons (Fsp3) is 0.227. The molecule has 2 aromatic carbocycles. The number of nitrogens with zero attached hydrogens (tertiary/aromatic N) is 1. The number of ketones is 1. The van der Waals surface area contributed by atoms with Gasteiger partial charge in [0, 0.05) is 16.8 Å². The van der Waals surface area contributed by atoms with Crippen molar-refractivity contribution in [3.8, 4) is 11.3 Å². The lowest BCUT2D eigenvalue weighted by Crippen LogP contribution is -2.38. The first-order valence-corrected chi connectivity index (χ1v) is 10.1. The van der Waals surface area contributed by atoms with Crippen molar-refractivity contribution < 1.29 is 41.0 Å². The van der Waals surface area contributed by atoms with E-state index in [9.17, 15) is 27.2 Å². The Hall–Kier alpha value is -3.34. The van der Waals surface area contributed by atoms with Crippen molar-refractivity contribution in [3.05, 3.63) is 75.2 Å². The number of benzene rings is 2. The molecule has 0 bridgehead atoms. The number of fused-ring (bicyclic) bond motifs is 1. The van der Waals surface area contributed by atoms with Gasteiger partial charge in [0.2, 0.25) is 0 Å². The number of H-pyrrole nitrogens is 1. The molecule has 1 aromatic heterocycles. The van der Waals surface area contributed by atoms with E-state index >= 15 is 8.78 Å². The number of carboxylic acids is 1. The van der Waals surface area contributed by atoms with Crippen molar-refractivity contribution in [3.63, 3.8) is 0 Å². The molecule has 0 saturated carbocycles. The van der Waals surface area contributed by atoms with Gasteiger partial charge in [-0.05, 0) is 43.2 Å². The number of carbonyl (C=O) groups excluding carboxylic acids is 1. The summed E-state index contributed by atoms with van der Waals surface area (Å²) in [6, 6.07) is 5.10. The molecular weight excluding hydrogens is 490 g/mol. The van der Waals surface area contributed by atoms with Crippen LogP contribution in [0.25, 0.3) is 11.3 Å². The van der Waals surface area contributed by atoms with Gasteiger partial charge in [0.15, 0.2) is 5.78 Å². The Kier molecular flexibility index (Phi) is 5.71. The predicted octanol–water partition coefficient (Wildman–Crippen LogP) is 6.12. The summed E-state index contributed by atoms with van der Waals surface area (Å²) in [7, 11) is 0. The van der Waals surface area contributed by atoms with Crippen LogP contribution in [0.4, 0.5) is 26.3 Å². The van der Waals surface area contributed by atoms with Gasteiger partial charge in [0.05, 0.1) is 27.6 Å². The summed E-state index contributed by atoms with van der Waals surface area (Å²) in [6.07, 6.45) is -5.70. The van der Waals surface area contributed by atoms with E-state index in [0.717, 1.165) is 24.3 Å². The van der Waals surface area contributed by atoms with Crippen LogP contribution in [0.1, 0.15) is 44.0 Å². The SMILES string of the molecule is O=C(O)c1ccc(-c2n[nH]c3c2C(F)(F)C(C(=O)c2c(Cl)cccc2C(F)(F)F)CC3)c(F)c1. The Balaban J connectivity index is 1.82. The molecule has 34 heavy (non-hydrogen) atoms. The maximum absolute atomic E-state index is 15.7. The van der Waals surface area contributed by atoms with Crippen LogP contribution in [0.2, 0.25) is 5.02 Å². The van der Waals surface area contributed by atoms with Crippen molar-refractivity contribution >= 4 is 23.4 Å². The van der Waals surface area contributed by atoms with Crippen LogP contribution in [-0.2, 0) is 18.5 Å². The summed E-state index contributed by atoms with van der Waals surface area (Å²) in [5.41, 5.74) is -4.89. The summed E-state index contributed by atoms with van der Waals surface area (Å²) in [5, 5.41) is 14.4. The van der Waals surface area contributed by atoms with Gasteiger partial charge < -0.3 is 5.11 Å². The molecule has 0 fully saturated rings. The second-order valence-corrected chi connectivity index (χ2v) is 8.07. The van der Waals surface area contributed by atoms with Crippen LogP contribution in [0, 0.1) is 11.7 Å². The summed E-state index contributed by atoms with van der Waals surface area (Å²) >= 11 is 5.83. The van der Waals surface area contributed by atoms with Gasteiger partial charge in [-0.15, -0.1) is 0 Å². The molecule has 1 atom stereocenters. The third-order valence-electron chi connectivity index (χ3n) is 5.65. The Labute approximate surface area is 192 Å². The lowest BCUT2D eigenvalue weighted by molar-refractivity contribution is -0.138. The number of hydrogen-bond acceptors (Lipinski definition) is 3. The molecule has 5 nitrogen and oxygen atoms in total. The minimum Gasteiger partial charge on any atom is -0.478 e. The molecule has 0 amide bonds. The van der Waals surface area contributed by atoms with Crippen molar-refractivity contribution in [1.29, 1.82) is 0 Å². The predicted molar refractivity (Wildman–Crippen MR) is 107 cm³/mol. The quantitative estimate of drug-likeness (QED) is 0.332. The van der Waals surface area contributed by atoms with Crippen LogP contribution in [-0.4, -0.2) is 27.1 Å². The number of carbonyl (C=O) groups is 2. The average molecular weight is 503 g/mol. The number of aryl methyl sites for hydroxylation is 1. The van der Waals surface area contributed by atoms with Crippen LogP contribution in [0.3, 0.4) is 0 Å². The Morgan fingerprint density at radius 3 is 2.50 bits per heavy atom. The van der Waals surface area contributed by atoms with Gasteiger partial charge in [-0.1, -0.05) is 17.7 Å². The smallest absolute Gasteiger partial charge is 0.417 e. The zero-order valence-corrected chi connectivity index (χ0v) is 17.6. The van der Waals surface area contributed by atoms with Crippen LogP contribution >= 0.6 is 11.6 Å². The number of hydrogen-bond donors (Lipinski definition) is 2. The van der Waals surface area contributed by atoms with Crippen LogP contribution in [0.15, 0.2) is 36.4 Å². The molecule has 1 heterocycles. The number of aromatic nitrogens is 2. The van der Waals surface area contributed by atoms with Gasteiger partial charge in [-0.3, -0.25) is 9.89 Å². The zero-order valence-electron chi connectivity index (χ0n) is 16.8. The third kappa shape index (κ3) is 3.83. The number of aromatic carboxylic acids is 1. The van der Waals surface area contributed by atoms with E-state index in [1.54, 1.807) is 0 Å². The normalized spacial score (nSPS) is 17.3. The molecular formula is C22H13ClF6N2O3. The number of aromatic amines is 1. The molecule has 2 N–H and O–H groups in total. The summed E-state index contributed by atoms with van der Waals surface area (Å²) in [5.74, 6) is -10.3. The largest absolute Gasteiger partial charge is 0.478 e. The molecule has 1 aliphatic rings. The van der Waals surface area contributed by atoms with E-state index in [4.69, 9.17) is 16.7 Å². The fourth-order valence-electron chi connectivity index (χ4n) is 4.08. The molecule has 1 aliphatic carbocycles. The second-order valence-electron chi connectivity index (χ2n) is 7.66. The standard InChI is InChI=1S/C22H13ClF6N2O3/c23-13-3-1-2-11(22(27,28)29)16(13)19(32)12-6-7-15-17(21(12,25)26)18(31-30-15)10-5-4-9(20(33)34)8-14(10)24/h1-5,8,12H,6-7H2,(H,30,31)(H,33,34). The lowest BCUT2D eigenvalue weighted by atomic mass is 9.77. The third-order valence-corrected chi connectivity index (χ3v) is 5.96. The highest BCUT2D eigenvalue weighted by atomic mass is 35.5. The lowest BCUT2D eigenvalue weighted by Gasteiger charge is -2.31. The van der Waals surface area contributed by atoms with Gasteiger partial charge in [0.25, 0.3) is 5.92 Å². The van der Waals surface area contributed by atoms with Gasteiger partial charge in [0.1, 0.15) is 11.5 Å². The first-order valence-electron chi connectivity index (χ1n) is 9.72. The molecule has 12 heteroatoms. The highest BCUT2D eigenvalue weighted by Gasteiger charge is 2.53. The summed E-state index contributed by atoms with van der Waals surface area (Å²) in [6.45, 7) is 0. The molecule has 3 aromatic rings. The second kappa shape index (κ2) is 8.15. The first kappa shape index (κ1) is 23.8. The number of nitrogens with one attached hydrogen (secondary N) is 1. The van der Waals surface area contributed by atoms with Gasteiger partial charge >= 0.3 is 12.1 Å². The number of alkyl halides is 5. The molecule has 0 radical (unpaired) electrons. The Bertz CT molecular complexity index is 1320. The van der Waals surface area contributed by atoms with Gasteiger partial charge in [-0.2, -0.15) is 18.3 Å². The van der Waals surface area contributed by atoms with Crippen molar-refractivity contribution in [2.75, 3.05) is 0 Å². The maximum atomic E-state index is 15.7. The molecule has 4 rings (SSSR count). The van der Waals surface area contributed by atoms with Crippen molar-refractivity contribution in [2.24, 2.45) is 5.92 Å². The van der Waals surface area contributed by atoms with E-state index in [1.807, 2.05) is 0 Å². The van der Waals surface area contributed by atoms with E-state index in [0.29, 0.717) is 12.1 Å². The van der Waals surface area contributed by atoms with E-state index in [-0.39, 0.29) is 12.1 Å². The molecule has 0 aliphatic heterocycles. The average Bonchev–Trinajstić information content (AvgIpc) is 3.17. The van der Waals surface area contributed by atoms with E-state index < -0.39 is 80.5 Å². The zero-order chi connectivity index (χ0) is 25.0. The number of Topliss-reactive ketones (excluding diaryl/α,β-unsaturated/α-hetero) is 1. The minimum atomic E-state index is -5.01. The number of halogens is 7. The first-order chi connectivity index (χ1) is 15.8. The maximum Gasteiger partial charge on any atom is 0.417 e. The molecule has 0 saturated heterocycles. The topological polar surface area (TPSA) is 83.0 Å². The molecule has 178 valence electrons. The van der Waals surface area contributed by atoms with E-state index in [1.165, 1.54) is 0 Å². The molecule has 0 spiro atoms. The Morgan fingerprint density at radius 1 is 1.18 bits per heavy atom. The van der Waals surface area contributed by atoms with Crippen molar-refractivity contribution in [2.45, 2.75) is 24.9 Å². The fourth-order valence-corrected chi connectivity index (χ4v) is 4.35. The van der Waals surface area contributed by atoms with Crippen molar-refractivity contribution in [1.82, 2.24) is 10.2 Å². The van der Waals surface area contributed by atoms with E-state index in [2.05, 4.69) is 10.2 Å². The highest BCUT2D eigenvalue weighted by Crippen LogP contribution is 2.50.